The molecular weight excluding hydrogens is 343 g/mol. The Labute approximate surface area is 149 Å². The number of rotatable bonds is 4. The fourth-order valence-corrected chi connectivity index (χ4v) is 2.64. The van der Waals surface area contributed by atoms with E-state index in [4.69, 9.17) is 11.6 Å². The minimum atomic E-state index is -0.512. The molecule has 3 aromatic rings. The van der Waals surface area contributed by atoms with Crippen LogP contribution in [0.1, 0.15) is 0 Å². The summed E-state index contributed by atoms with van der Waals surface area (Å²) in [5.74, 6) is 0.0652. The maximum Gasteiger partial charge on any atom is 0.257 e. The molecule has 0 fully saturated rings. The van der Waals surface area contributed by atoms with E-state index in [1.165, 1.54) is 18.2 Å². The predicted molar refractivity (Wildman–Crippen MR) is 99.3 cm³/mol. The third-order valence-electron chi connectivity index (χ3n) is 3.65. The zero-order valence-corrected chi connectivity index (χ0v) is 14.4. The Hall–Kier alpha value is -2.86. The quantitative estimate of drug-likeness (QED) is 0.739. The molecule has 0 saturated carbocycles. The van der Waals surface area contributed by atoms with Gasteiger partial charge in [0.25, 0.3) is 5.56 Å². The van der Waals surface area contributed by atoms with E-state index in [0.717, 1.165) is 5.69 Å². The topological polar surface area (TPSA) is 61.0 Å². The Bertz CT molecular complexity index is 957. The number of hydrogen-bond donors (Lipinski definition) is 2. The van der Waals surface area contributed by atoms with E-state index in [1.54, 1.807) is 35.5 Å². The zero-order valence-electron chi connectivity index (χ0n) is 13.7. The average molecular weight is 359 g/mol. The number of pyridine rings is 2. The third-order valence-corrected chi connectivity index (χ3v) is 3.88. The Kier molecular flexibility index (Phi) is 4.72. The van der Waals surface area contributed by atoms with E-state index >= 15 is 0 Å². The van der Waals surface area contributed by atoms with Gasteiger partial charge in [0, 0.05) is 42.8 Å². The second-order valence-electron chi connectivity index (χ2n) is 5.65. The molecule has 2 aromatic heterocycles. The largest absolute Gasteiger partial charge is 0.362 e. The van der Waals surface area contributed by atoms with Gasteiger partial charge in [-0.2, -0.15) is 0 Å². The highest BCUT2D eigenvalue weighted by molar-refractivity contribution is 6.30. The fraction of sp³-hybridized carbons (Fsp3) is 0.111. The smallest absolute Gasteiger partial charge is 0.257 e. The SMILES string of the molecule is CN(C)c1[nH]c(=O)c(-c2cc(Cl)ccc2F)cc1Nc1ccncc1. The van der Waals surface area contributed by atoms with Crippen LogP contribution in [-0.2, 0) is 0 Å². The van der Waals surface area contributed by atoms with Crippen LogP contribution in [0.3, 0.4) is 0 Å². The summed E-state index contributed by atoms with van der Waals surface area (Å²) in [5, 5.41) is 3.58. The van der Waals surface area contributed by atoms with Crippen LogP contribution >= 0.6 is 11.6 Å². The van der Waals surface area contributed by atoms with Crippen LogP contribution in [0.15, 0.2) is 53.6 Å². The van der Waals surface area contributed by atoms with Crippen LogP contribution in [0.5, 0.6) is 0 Å². The molecule has 7 heteroatoms. The summed E-state index contributed by atoms with van der Waals surface area (Å²) in [5.41, 5.74) is 1.37. The monoisotopic (exact) mass is 358 g/mol. The zero-order chi connectivity index (χ0) is 18.0. The summed E-state index contributed by atoms with van der Waals surface area (Å²) in [7, 11) is 3.62. The normalized spacial score (nSPS) is 10.6. The molecule has 0 aliphatic carbocycles. The minimum Gasteiger partial charge on any atom is -0.362 e. The molecule has 128 valence electrons. The molecule has 3 rings (SSSR count). The van der Waals surface area contributed by atoms with Crippen LogP contribution in [0.4, 0.5) is 21.6 Å². The summed E-state index contributed by atoms with van der Waals surface area (Å²) < 4.78 is 14.2. The number of aromatic nitrogens is 2. The first-order valence-electron chi connectivity index (χ1n) is 7.53. The Morgan fingerprint density at radius 3 is 2.52 bits per heavy atom. The van der Waals surface area contributed by atoms with Crippen molar-refractivity contribution in [3.05, 3.63) is 70.0 Å². The fourth-order valence-electron chi connectivity index (χ4n) is 2.46. The minimum absolute atomic E-state index is 0.150. The van der Waals surface area contributed by atoms with Gasteiger partial charge < -0.3 is 15.2 Å². The van der Waals surface area contributed by atoms with Gasteiger partial charge in [-0.15, -0.1) is 0 Å². The highest BCUT2D eigenvalue weighted by atomic mass is 35.5. The predicted octanol–water partition coefficient (Wildman–Crippen LogP) is 4.04. The highest BCUT2D eigenvalue weighted by Gasteiger charge is 2.15. The van der Waals surface area contributed by atoms with Crippen molar-refractivity contribution >= 4 is 28.8 Å². The van der Waals surface area contributed by atoms with Crippen LogP contribution in [0, 0.1) is 5.82 Å². The van der Waals surface area contributed by atoms with Gasteiger partial charge in [-0.1, -0.05) is 11.6 Å². The molecule has 1 aromatic carbocycles. The van der Waals surface area contributed by atoms with Crippen molar-refractivity contribution in [1.29, 1.82) is 0 Å². The van der Waals surface area contributed by atoms with Gasteiger partial charge >= 0.3 is 0 Å². The summed E-state index contributed by atoms with van der Waals surface area (Å²) in [6, 6.07) is 9.33. The molecule has 0 spiro atoms. The lowest BCUT2D eigenvalue weighted by Gasteiger charge is -2.19. The molecule has 0 aliphatic heterocycles. The lowest BCUT2D eigenvalue weighted by molar-refractivity contribution is 0.631. The number of benzene rings is 1. The Balaban J connectivity index is 2.16. The van der Waals surface area contributed by atoms with Gasteiger partial charge in [0.2, 0.25) is 0 Å². The summed E-state index contributed by atoms with van der Waals surface area (Å²) in [4.78, 5) is 21.0. The number of hydrogen-bond acceptors (Lipinski definition) is 4. The van der Waals surface area contributed by atoms with Gasteiger partial charge in [0.15, 0.2) is 0 Å². The highest BCUT2D eigenvalue weighted by Crippen LogP contribution is 2.30. The first-order valence-corrected chi connectivity index (χ1v) is 7.90. The van der Waals surface area contributed by atoms with Crippen LogP contribution in [0.2, 0.25) is 5.02 Å². The van der Waals surface area contributed by atoms with Crippen molar-refractivity contribution in [2.24, 2.45) is 0 Å². The van der Waals surface area contributed by atoms with E-state index in [1.807, 2.05) is 14.1 Å². The lowest BCUT2D eigenvalue weighted by Crippen LogP contribution is -2.20. The van der Waals surface area contributed by atoms with Crippen LogP contribution in [0.25, 0.3) is 11.1 Å². The number of nitrogens with zero attached hydrogens (tertiary/aromatic N) is 2. The Morgan fingerprint density at radius 1 is 1.12 bits per heavy atom. The van der Waals surface area contributed by atoms with Gasteiger partial charge in [-0.25, -0.2) is 4.39 Å². The van der Waals surface area contributed by atoms with Crippen molar-refractivity contribution in [1.82, 2.24) is 9.97 Å². The molecule has 0 radical (unpaired) electrons. The van der Waals surface area contributed by atoms with Crippen molar-refractivity contribution in [3.63, 3.8) is 0 Å². The number of anilines is 3. The maximum absolute atomic E-state index is 14.2. The molecule has 0 atom stereocenters. The van der Waals surface area contributed by atoms with E-state index in [0.29, 0.717) is 16.5 Å². The van der Waals surface area contributed by atoms with E-state index in [2.05, 4.69) is 15.3 Å². The first-order chi connectivity index (χ1) is 12.0. The second kappa shape index (κ2) is 6.94. The summed E-state index contributed by atoms with van der Waals surface area (Å²) in [6.45, 7) is 0. The molecule has 0 saturated heterocycles. The number of aromatic amines is 1. The van der Waals surface area contributed by atoms with Crippen molar-refractivity contribution in [3.8, 4) is 11.1 Å². The Morgan fingerprint density at radius 2 is 1.84 bits per heavy atom. The molecule has 25 heavy (non-hydrogen) atoms. The number of halogens is 2. The average Bonchev–Trinajstić information content (AvgIpc) is 2.59. The van der Waals surface area contributed by atoms with Crippen molar-refractivity contribution < 1.29 is 4.39 Å². The van der Waals surface area contributed by atoms with E-state index < -0.39 is 11.4 Å². The molecule has 0 amide bonds. The van der Waals surface area contributed by atoms with Crippen LogP contribution < -0.4 is 15.8 Å². The maximum atomic E-state index is 14.2. The second-order valence-corrected chi connectivity index (χ2v) is 6.09. The molecule has 0 aliphatic rings. The van der Waals surface area contributed by atoms with E-state index in [9.17, 15) is 9.18 Å². The molecule has 2 N–H and O–H groups in total. The van der Waals surface area contributed by atoms with Gasteiger partial charge in [-0.3, -0.25) is 9.78 Å². The number of nitrogens with one attached hydrogen (secondary N) is 2. The van der Waals surface area contributed by atoms with Gasteiger partial charge in [0.1, 0.15) is 11.6 Å². The summed E-state index contributed by atoms with van der Waals surface area (Å²) in [6.07, 6.45) is 3.31. The molecule has 0 unspecified atom stereocenters. The first kappa shape index (κ1) is 17.0. The standard InChI is InChI=1S/C18H16ClFN4O/c1-24(2)17-16(22-12-5-7-21-8-6-12)10-14(18(25)23-17)13-9-11(19)3-4-15(13)20/h3-10H,1-2H3,(H,21,22)(H,23,25). The summed E-state index contributed by atoms with van der Waals surface area (Å²) >= 11 is 5.96. The van der Waals surface area contributed by atoms with E-state index in [-0.39, 0.29) is 11.1 Å². The molecule has 2 heterocycles. The van der Waals surface area contributed by atoms with Crippen molar-refractivity contribution in [2.75, 3.05) is 24.3 Å². The molecular formula is C18H16ClFN4O. The number of H-pyrrole nitrogens is 1. The van der Waals surface area contributed by atoms with Crippen LogP contribution in [-0.4, -0.2) is 24.1 Å². The molecule has 5 nitrogen and oxygen atoms in total. The molecule has 0 bridgehead atoms. The third kappa shape index (κ3) is 3.64. The lowest BCUT2D eigenvalue weighted by atomic mass is 10.1. The van der Waals surface area contributed by atoms with Gasteiger partial charge in [0.05, 0.1) is 11.3 Å². The van der Waals surface area contributed by atoms with Gasteiger partial charge in [-0.05, 0) is 36.4 Å². The van der Waals surface area contributed by atoms with Crippen molar-refractivity contribution in [2.45, 2.75) is 0 Å².